The minimum absolute atomic E-state index is 0.0996. The summed E-state index contributed by atoms with van der Waals surface area (Å²) in [6.45, 7) is 14.5. The number of unbranched alkanes of at least 4 members (excludes halogenated alkanes) is 1. The average molecular weight is 184 g/mol. The molecule has 0 aliphatic rings. The number of rotatable bonds is 5. The van der Waals surface area contributed by atoms with E-state index in [1.54, 1.807) is 0 Å². The minimum atomic E-state index is -0.0996. The van der Waals surface area contributed by atoms with E-state index in [2.05, 4.69) is 41.2 Å². The van der Waals surface area contributed by atoms with Crippen LogP contribution in [0.25, 0.3) is 0 Å². The molecule has 1 nitrogen and oxygen atoms in total. The standard InChI is InChI=1S/C12H24O/c1-7-8-9-10(2)11(3)13-12(4,5)6/h10H,3,7-9H2,1-2,4-6H3/t10-/m0/s1. The fraction of sp³-hybridized carbons (Fsp3) is 0.833. The SMILES string of the molecule is C=C(OC(C)(C)C)[C@@H](C)CCCC. The zero-order valence-electron chi connectivity index (χ0n) is 9.81. The molecule has 0 aromatic carbocycles. The summed E-state index contributed by atoms with van der Waals surface area (Å²) in [6.07, 6.45) is 3.69. The molecule has 1 atom stereocenters. The van der Waals surface area contributed by atoms with Crippen molar-refractivity contribution in [3.05, 3.63) is 12.3 Å². The Bertz CT molecular complexity index is 153. The lowest BCUT2D eigenvalue weighted by Gasteiger charge is -2.26. The van der Waals surface area contributed by atoms with Crippen molar-refractivity contribution in [1.29, 1.82) is 0 Å². The lowest BCUT2D eigenvalue weighted by Crippen LogP contribution is -2.20. The van der Waals surface area contributed by atoms with Crippen LogP contribution in [0.15, 0.2) is 12.3 Å². The molecule has 0 amide bonds. The predicted octanol–water partition coefficient (Wildman–Crippen LogP) is 4.14. The van der Waals surface area contributed by atoms with Crippen LogP contribution in [0.2, 0.25) is 0 Å². The summed E-state index contributed by atoms with van der Waals surface area (Å²) in [5.41, 5.74) is -0.0996. The summed E-state index contributed by atoms with van der Waals surface area (Å²) in [6, 6.07) is 0. The largest absolute Gasteiger partial charge is 0.493 e. The molecule has 1 heteroatoms. The summed E-state index contributed by atoms with van der Waals surface area (Å²) < 4.78 is 5.70. The van der Waals surface area contributed by atoms with Crippen molar-refractivity contribution >= 4 is 0 Å². The highest BCUT2D eigenvalue weighted by atomic mass is 16.5. The fourth-order valence-electron chi connectivity index (χ4n) is 1.17. The van der Waals surface area contributed by atoms with Crippen LogP contribution in [0.3, 0.4) is 0 Å². The smallest absolute Gasteiger partial charge is 0.100 e. The molecule has 0 saturated heterocycles. The Morgan fingerprint density at radius 2 is 1.92 bits per heavy atom. The quantitative estimate of drug-likeness (QED) is 0.583. The third-order valence-electron chi connectivity index (χ3n) is 1.98. The lowest BCUT2D eigenvalue weighted by atomic mass is 10.0. The van der Waals surface area contributed by atoms with Crippen LogP contribution in [0.5, 0.6) is 0 Å². The van der Waals surface area contributed by atoms with Gasteiger partial charge < -0.3 is 4.74 Å². The predicted molar refractivity (Wildman–Crippen MR) is 58.7 cm³/mol. The van der Waals surface area contributed by atoms with Gasteiger partial charge in [0.15, 0.2) is 0 Å². The fourth-order valence-corrected chi connectivity index (χ4v) is 1.17. The summed E-state index contributed by atoms with van der Waals surface area (Å²) in [5.74, 6) is 1.42. The second-order valence-corrected chi connectivity index (χ2v) is 4.72. The Kier molecular flexibility index (Phi) is 5.12. The van der Waals surface area contributed by atoms with Gasteiger partial charge in [0.05, 0.1) is 5.76 Å². The van der Waals surface area contributed by atoms with Crippen molar-refractivity contribution in [3.63, 3.8) is 0 Å². The molecule has 0 saturated carbocycles. The van der Waals surface area contributed by atoms with Crippen molar-refractivity contribution in [1.82, 2.24) is 0 Å². The van der Waals surface area contributed by atoms with Gasteiger partial charge in [-0.2, -0.15) is 0 Å². The van der Waals surface area contributed by atoms with E-state index in [1.165, 1.54) is 19.3 Å². The Labute approximate surface area is 83.2 Å². The number of ether oxygens (including phenoxy) is 1. The first kappa shape index (κ1) is 12.5. The Balaban J connectivity index is 3.83. The van der Waals surface area contributed by atoms with E-state index in [9.17, 15) is 0 Å². The van der Waals surface area contributed by atoms with E-state index < -0.39 is 0 Å². The van der Waals surface area contributed by atoms with Crippen LogP contribution in [-0.4, -0.2) is 5.60 Å². The molecular formula is C12H24O. The van der Waals surface area contributed by atoms with E-state index in [1.807, 2.05) is 0 Å². The highest BCUT2D eigenvalue weighted by Gasteiger charge is 2.15. The first-order valence-corrected chi connectivity index (χ1v) is 5.24. The van der Waals surface area contributed by atoms with E-state index in [0.717, 1.165) is 5.76 Å². The van der Waals surface area contributed by atoms with Gasteiger partial charge in [-0.25, -0.2) is 0 Å². The normalized spacial score (nSPS) is 13.9. The van der Waals surface area contributed by atoms with Crippen molar-refractivity contribution in [2.45, 2.75) is 59.5 Å². The van der Waals surface area contributed by atoms with Crippen molar-refractivity contribution in [2.75, 3.05) is 0 Å². The second kappa shape index (κ2) is 5.31. The van der Waals surface area contributed by atoms with Gasteiger partial charge >= 0.3 is 0 Å². The van der Waals surface area contributed by atoms with Gasteiger partial charge in [0.1, 0.15) is 5.60 Å². The molecule has 0 bridgehead atoms. The molecule has 0 N–H and O–H groups in total. The van der Waals surface area contributed by atoms with E-state index >= 15 is 0 Å². The van der Waals surface area contributed by atoms with E-state index in [-0.39, 0.29) is 5.60 Å². The van der Waals surface area contributed by atoms with E-state index in [0.29, 0.717) is 5.92 Å². The molecule has 13 heavy (non-hydrogen) atoms. The molecule has 0 aliphatic carbocycles. The van der Waals surface area contributed by atoms with Gasteiger partial charge in [-0.05, 0) is 27.2 Å². The van der Waals surface area contributed by atoms with Gasteiger partial charge in [0, 0.05) is 5.92 Å². The van der Waals surface area contributed by atoms with Crippen LogP contribution in [0.4, 0.5) is 0 Å². The zero-order valence-corrected chi connectivity index (χ0v) is 9.81. The molecule has 0 aromatic heterocycles. The van der Waals surface area contributed by atoms with Crippen molar-refractivity contribution < 1.29 is 4.74 Å². The molecule has 0 rings (SSSR count). The first-order chi connectivity index (χ1) is 5.87. The van der Waals surface area contributed by atoms with Gasteiger partial charge in [0.2, 0.25) is 0 Å². The van der Waals surface area contributed by atoms with Gasteiger partial charge in [-0.15, -0.1) is 0 Å². The van der Waals surface area contributed by atoms with Crippen LogP contribution >= 0.6 is 0 Å². The summed E-state index contributed by atoms with van der Waals surface area (Å²) in [5, 5.41) is 0. The van der Waals surface area contributed by atoms with Crippen LogP contribution < -0.4 is 0 Å². The van der Waals surface area contributed by atoms with Crippen LogP contribution in [0, 0.1) is 5.92 Å². The maximum Gasteiger partial charge on any atom is 0.100 e. The van der Waals surface area contributed by atoms with Crippen LogP contribution in [-0.2, 0) is 4.74 Å². The molecule has 0 spiro atoms. The van der Waals surface area contributed by atoms with Crippen molar-refractivity contribution in [2.24, 2.45) is 5.92 Å². The number of allylic oxidation sites excluding steroid dienone is 1. The van der Waals surface area contributed by atoms with Gasteiger partial charge in [-0.3, -0.25) is 0 Å². The monoisotopic (exact) mass is 184 g/mol. The lowest BCUT2D eigenvalue weighted by molar-refractivity contribution is 0.0356. The van der Waals surface area contributed by atoms with E-state index in [4.69, 9.17) is 4.74 Å². The van der Waals surface area contributed by atoms with Gasteiger partial charge in [-0.1, -0.05) is 33.3 Å². The molecule has 0 aliphatic heterocycles. The molecule has 0 radical (unpaired) electrons. The van der Waals surface area contributed by atoms with Crippen molar-refractivity contribution in [3.8, 4) is 0 Å². The average Bonchev–Trinajstić information content (AvgIpc) is 1.96. The summed E-state index contributed by atoms with van der Waals surface area (Å²) in [7, 11) is 0. The highest BCUT2D eigenvalue weighted by molar-refractivity contribution is 4.91. The zero-order chi connectivity index (χ0) is 10.5. The minimum Gasteiger partial charge on any atom is -0.493 e. The molecular weight excluding hydrogens is 160 g/mol. The maximum absolute atomic E-state index is 5.70. The first-order valence-electron chi connectivity index (χ1n) is 5.24. The Morgan fingerprint density at radius 1 is 1.38 bits per heavy atom. The Hall–Kier alpha value is -0.460. The maximum atomic E-state index is 5.70. The third-order valence-corrected chi connectivity index (χ3v) is 1.98. The third kappa shape index (κ3) is 6.68. The second-order valence-electron chi connectivity index (χ2n) is 4.72. The molecule has 0 heterocycles. The molecule has 78 valence electrons. The summed E-state index contributed by atoms with van der Waals surface area (Å²) >= 11 is 0. The number of hydrogen-bond acceptors (Lipinski definition) is 1. The molecule has 0 fully saturated rings. The van der Waals surface area contributed by atoms with Gasteiger partial charge in [0.25, 0.3) is 0 Å². The number of hydrogen-bond donors (Lipinski definition) is 0. The highest BCUT2D eigenvalue weighted by Crippen LogP contribution is 2.22. The molecule has 0 aromatic rings. The molecule has 0 unspecified atom stereocenters. The summed E-state index contributed by atoms with van der Waals surface area (Å²) in [4.78, 5) is 0. The Morgan fingerprint density at radius 3 is 2.31 bits per heavy atom. The van der Waals surface area contributed by atoms with Crippen LogP contribution in [0.1, 0.15) is 53.9 Å². The topological polar surface area (TPSA) is 9.23 Å².